The molecule has 1 nitrogen and oxygen atoms in total. The van der Waals surface area contributed by atoms with Crippen molar-refractivity contribution in [1.82, 2.24) is 0 Å². The van der Waals surface area contributed by atoms with Crippen LogP contribution in [0.25, 0.3) is 0 Å². The summed E-state index contributed by atoms with van der Waals surface area (Å²) in [5.41, 5.74) is 0.318. The molecule has 1 aromatic carbocycles. The van der Waals surface area contributed by atoms with Crippen molar-refractivity contribution in [3.05, 3.63) is 34.1 Å². The maximum Gasteiger partial charge on any atom is 0.226 e. The van der Waals surface area contributed by atoms with Gasteiger partial charge in [0.15, 0.2) is 0 Å². The van der Waals surface area contributed by atoms with E-state index in [0.717, 1.165) is 0 Å². The molecule has 0 aromatic heterocycles. The minimum atomic E-state index is -0.559. The van der Waals surface area contributed by atoms with Gasteiger partial charge in [-0.2, -0.15) is 0 Å². The van der Waals surface area contributed by atoms with E-state index in [9.17, 15) is 9.18 Å². The zero-order valence-electron chi connectivity index (χ0n) is 5.98. The fourth-order valence-electron chi connectivity index (χ4n) is 0.815. The van der Waals surface area contributed by atoms with Crippen LogP contribution in [0, 0.1) is 5.82 Å². The first kappa shape index (κ1) is 9.68. The molecular formula is C8H5BrClFO. The second-order valence-electron chi connectivity index (χ2n) is 2.27. The molecule has 64 valence electrons. The van der Waals surface area contributed by atoms with Gasteiger partial charge < -0.3 is 0 Å². The van der Waals surface area contributed by atoms with Crippen molar-refractivity contribution < 1.29 is 9.18 Å². The fraction of sp³-hybridized carbons (Fsp3) is 0.125. The van der Waals surface area contributed by atoms with Gasteiger partial charge in [-0.1, -0.05) is 22.0 Å². The van der Waals surface area contributed by atoms with Gasteiger partial charge >= 0.3 is 0 Å². The van der Waals surface area contributed by atoms with Crippen molar-refractivity contribution in [2.24, 2.45) is 0 Å². The van der Waals surface area contributed by atoms with Gasteiger partial charge in [0.05, 0.1) is 0 Å². The molecule has 1 aromatic rings. The molecule has 4 heteroatoms. The van der Waals surface area contributed by atoms with Crippen LogP contribution in [-0.2, 0) is 11.2 Å². The maximum atomic E-state index is 13.0. The van der Waals surface area contributed by atoms with E-state index in [1.54, 1.807) is 6.07 Å². The molecule has 0 unspecified atom stereocenters. The average molecular weight is 251 g/mol. The highest BCUT2D eigenvalue weighted by Gasteiger charge is 2.05. The van der Waals surface area contributed by atoms with E-state index in [1.165, 1.54) is 12.1 Å². The number of halogens is 3. The predicted octanol–water partition coefficient (Wildman–Crippen LogP) is 2.90. The molecule has 0 N–H and O–H groups in total. The van der Waals surface area contributed by atoms with Gasteiger partial charge in [-0.3, -0.25) is 4.79 Å². The first-order valence-electron chi connectivity index (χ1n) is 3.22. The lowest BCUT2D eigenvalue weighted by atomic mass is 10.1. The van der Waals surface area contributed by atoms with Crippen molar-refractivity contribution in [3.8, 4) is 0 Å². The standard InChI is InChI=1S/C8H5BrClFO/c9-6-2-1-5(3-8(10)12)7(11)4-6/h1-2,4H,3H2. The van der Waals surface area contributed by atoms with E-state index in [0.29, 0.717) is 10.0 Å². The summed E-state index contributed by atoms with van der Waals surface area (Å²) in [6, 6.07) is 4.49. The normalized spacial score (nSPS) is 9.92. The Hall–Kier alpha value is -0.410. The lowest BCUT2D eigenvalue weighted by Crippen LogP contribution is -1.96. The lowest BCUT2D eigenvalue weighted by Gasteiger charge is -1.98. The third-order valence-corrected chi connectivity index (χ3v) is 1.97. The van der Waals surface area contributed by atoms with E-state index in [1.807, 2.05) is 0 Å². The summed E-state index contributed by atoms with van der Waals surface area (Å²) < 4.78 is 13.6. The smallest absolute Gasteiger partial charge is 0.226 e. The molecule has 0 radical (unpaired) electrons. The quantitative estimate of drug-likeness (QED) is 0.739. The van der Waals surface area contributed by atoms with Gasteiger partial charge in [-0.05, 0) is 29.3 Å². The third-order valence-electron chi connectivity index (χ3n) is 1.34. The van der Waals surface area contributed by atoms with Crippen molar-refractivity contribution in [2.45, 2.75) is 6.42 Å². The highest BCUT2D eigenvalue weighted by Crippen LogP contribution is 2.16. The van der Waals surface area contributed by atoms with Crippen LogP contribution in [0.2, 0.25) is 0 Å². The summed E-state index contributed by atoms with van der Waals surface area (Å²) in [7, 11) is 0. The van der Waals surface area contributed by atoms with E-state index in [4.69, 9.17) is 11.6 Å². The van der Waals surface area contributed by atoms with Crippen LogP contribution in [0.15, 0.2) is 22.7 Å². The fourth-order valence-corrected chi connectivity index (χ4v) is 1.29. The Morgan fingerprint density at radius 3 is 2.75 bits per heavy atom. The molecule has 1 rings (SSSR count). The van der Waals surface area contributed by atoms with Crippen LogP contribution in [0.1, 0.15) is 5.56 Å². The predicted molar refractivity (Wildman–Crippen MR) is 48.7 cm³/mol. The lowest BCUT2D eigenvalue weighted by molar-refractivity contribution is -0.111. The van der Waals surface area contributed by atoms with Crippen LogP contribution < -0.4 is 0 Å². The van der Waals surface area contributed by atoms with Gasteiger partial charge in [0.2, 0.25) is 5.24 Å². The van der Waals surface area contributed by atoms with E-state index >= 15 is 0 Å². The minimum Gasteiger partial charge on any atom is -0.281 e. The van der Waals surface area contributed by atoms with Gasteiger partial charge in [-0.25, -0.2) is 4.39 Å². The monoisotopic (exact) mass is 250 g/mol. The van der Waals surface area contributed by atoms with Crippen molar-refractivity contribution in [2.75, 3.05) is 0 Å². The first-order valence-corrected chi connectivity index (χ1v) is 4.39. The molecule has 0 atom stereocenters. The van der Waals surface area contributed by atoms with Crippen molar-refractivity contribution in [1.29, 1.82) is 0 Å². The van der Waals surface area contributed by atoms with Gasteiger partial charge in [-0.15, -0.1) is 0 Å². The molecule has 0 saturated carbocycles. The summed E-state index contributed by atoms with van der Waals surface area (Å²) in [5.74, 6) is -0.418. The number of rotatable bonds is 2. The molecule has 0 bridgehead atoms. The van der Waals surface area contributed by atoms with Crippen LogP contribution in [0.5, 0.6) is 0 Å². The molecule has 0 saturated heterocycles. The summed E-state index contributed by atoms with van der Waals surface area (Å²) in [5, 5.41) is -0.559. The number of carbonyl (C=O) groups is 1. The second-order valence-corrected chi connectivity index (χ2v) is 3.60. The summed E-state index contributed by atoms with van der Waals surface area (Å²) >= 11 is 8.21. The molecule has 0 amide bonds. The average Bonchev–Trinajstić information content (AvgIpc) is 1.94. The highest BCUT2D eigenvalue weighted by molar-refractivity contribution is 9.10. The van der Waals surface area contributed by atoms with E-state index < -0.39 is 11.1 Å². The van der Waals surface area contributed by atoms with E-state index in [2.05, 4.69) is 15.9 Å². The van der Waals surface area contributed by atoms with Gasteiger partial charge in [0.1, 0.15) is 5.82 Å². The van der Waals surface area contributed by atoms with Crippen molar-refractivity contribution >= 4 is 32.8 Å². The summed E-state index contributed by atoms with van der Waals surface area (Å²) in [6.45, 7) is 0. The molecule has 12 heavy (non-hydrogen) atoms. The van der Waals surface area contributed by atoms with E-state index in [-0.39, 0.29) is 6.42 Å². The van der Waals surface area contributed by atoms with Crippen LogP contribution in [-0.4, -0.2) is 5.24 Å². The number of benzene rings is 1. The van der Waals surface area contributed by atoms with Crippen LogP contribution in [0.3, 0.4) is 0 Å². The molecule has 0 fully saturated rings. The zero-order valence-corrected chi connectivity index (χ0v) is 8.32. The number of carbonyl (C=O) groups excluding carboxylic acids is 1. The zero-order chi connectivity index (χ0) is 9.14. The number of hydrogen-bond acceptors (Lipinski definition) is 1. The Kier molecular flexibility index (Phi) is 3.23. The SMILES string of the molecule is O=C(Cl)Cc1ccc(Br)cc1F. The maximum absolute atomic E-state index is 13.0. The Balaban J connectivity index is 2.93. The Labute approximate surface area is 82.7 Å². The highest BCUT2D eigenvalue weighted by atomic mass is 79.9. The second kappa shape index (κ2) is 4.01. The van der Waals surface area contributed by atoms with Gasteiger partial charge in [0.25, 0.3) is 0 Å². The molecule has 0 aliphatic rings. The first-order chi connectivity index (χ1) is 5.59. The minimum absolute atomic E-state index is 0.0688. The van der Waals surface area contributed by atoms with Crippen LogP contribution in [0.4, 0.5) is 4.39 Å². The Morgan fingerprint density at radius 2 is 2.25 bits per heavy atom. The Bertz CT molecular complexity index is 314. The molecule has 0 aliphatic heterocycles. The number of hydrogen-bond donors (Lipinski definition) is 0. The summed E-state index contributed by atoms with van der Waals surface area (Å²) in [4.78, 5) is 10.4. The summed E-state index contributed by atoms with van der Waals surface area (Å²) in [6.07, 6.45) is -0.0688. The molecule has 0 spiro atoms. The van der Waals surface area contributed by atoms with Gasteiger partial charge in [0, 0.05) is 10.9 Å². The molecular weight excluding hydrogens is 246 g/mol. The Morgan fingerprint density at radius 1 is 1.58 bits per heavy atom. The van der Waals surface area contributed by atoms with Crippen LogP contribution >= 0.6 is 27.5 Å². The molecule has 0 heterocycles. The largest absolute Gasteiger partial charge is 0.281 e. The molecule has 0 aliphatic carbocycles. The third kappa shape index (κ3) is 2.57. The van der Waals surface area contributed by atoms with Crippen molar-refractivity contribution in [3.63, 3.8) is 0 Å². The topological polar surface area (TPSA) is 17.1 Å².